The van der Waals surface area contributed by atoms with Gasteiger partial charge in [-0.2, -0.15) is 0 Å². The maximum absolute atomic E-state index is 12.7. The molecule has 4 rings (SSSR count). The first-order valence-electron chi connectivity index (χ1n) is 10.0. The van der Waals surface area contributed by atoms with Gasteiger partial charge in [0.05, 0.1) is 5.25 Å². The highest BCUT2D eigenvalue weighted by atomic mass is 32.2. The number of nitrogens with one attached hydrogen (secondary N) is 1. The zero-order valence-corrected chi connectivity index (χ0v) is 16.8. The minimum atomic E-state index is -0.00308. The molecule has 1 fully saturated rings. The van der Waals surface area contributed by atoms with Crippen LogP contribution in [0.25, 0.3) is 0 Å². The summed E-state index contributed by atoms with van der Waals surface area (Å²) in [6.07, 6.45) is 4.76. The Kier molecular flexibility index (Phi) is 5.84. The molecule has 2 aromatic rings. The first-order chi connectivity index (χ1) is 13.2. The fourth-order valence-electron chi connectivity index (χ4n) is 4.12. The average molecular weight is 381 g/mol. The lowest BCUT2D eigenvalue weighted by Crippen LogP contribution is -2.37. The van der Waals surface area contributed by atoms with Gasteiger partial charge in [0.25, 0.3) is 0 Å². The van der Waals surface area contributed by atoms with E-state index in [2.05, 4.69) is 59.6 Å². The minimum Gasteiger partial charge on any atom is -0.351 e. The lowest BCUT2D eigenvalue weighted by Gasteiger charge is -2.33. The Morgan fingerprint density at radius 3 is 2.70 bits per heavy atom. The van der Waals surface area contributed by atoms with Crippen molar-refractivity contribution in [3.63, 3.8) is 0 Å². The van der Waals surface area contributed by atoms with Gasteiger partial charge in [-0.15, -0.1) is 11.8 Å². The van der Waals surface area contributed by atoms with Crippen LogP contribution < -0.4 is 5.32 Å². The zero-order valence-electron chi connectivity index (χ0n) is 16.0. The van der Waals surface area contributed by atoms with E-state index in [1.807, 2.05) is 6.07 Å². The zero-order chi connectivity index (χ0) is 18.6. The topological polar surface area (TPSA) is 32.3 Å². The SMILES string of the molecule is CC1CCCCN1Cc1ccccc1CNC(=O)C1Cc2ccccc2S1. The summed E-state index contributed by atoms with van der Waals surface area (Å²) in [5.41, 5.74) is 3.88. The van der Waals surface area contributed by atoms with Crippen molar-refractivity contribution in [1.29, 1.82) is 0 Å². The molecule has 3 nitrogen and oxygen atoms in total. The summed E-state index contributed by atoms with van der Waals surface area (Å²) < 4.78 is 0. The molecule has 1 amide bonds. The standard InChI is InChI=1S/C23H28N2OS/c1-17-8-6-7-13-25(17)16-20-11-3-2-10-19(20)15-24-23(26)22-14-18-9-4-5-12-21(18)27-22/h2-5,9-12,17,22H,6-8,13-16H2,1H3,(H,24,26). The number of benzene rings is 2. The molecule has 4 heteroatoms. The van der Waals surface area contributed by atoms with Gasteiger partial charge in [-0.25, -0.2) is 0 Å². The van der Waals surface area contributed by atoms with Crippen LogP contribution in [0.2, 0.25) is 0 Å². The van der Waals surface area contributed by atoms with Crippen LogP contribution in [0.5, 0.6) is 0 Å². The molecule has 1 saturated heterocycles. The number of amides is 1. The van der Waals surface area contributed by atoms with Crippen LogP contribution in [0.15, 0.2) is 53.4 Å². The molecule has 2 aliphatic heterocycles. The molecule has 27 heavy (non-hydrogen) atoms. The second kappa shape index (κ2) is 8.49. The van der Waals surface area contributed by atoms with Gasteiger partial charge < -0.3 is 5.32 Å². The second-order valence-electron chi connectivity index (χ2n) is 7.72. The van der Waals surface area contributed by atoms with E-state index in [9.17, 15) is 4.79 Å². The number of carbonyl (C=O) groups is 1. The van der Waals surface area contributed by atoms with Gasteiger partial charge in [0, 0.05) is 24.0 Å². The van der Waals surface area contributed by atoms with Gasteiger partial charge in [-0.3, -0.25) is 9.69 Å². The Balaban J connectivity index is 1.37. The van der Waals surface area contributed by atoms with Crippen molar-refractivity contribution in [1.82, 2.24) is 10.2 Å². The fraction of sp³-hybridized carbons (Fsp3) is 0.435. The molecular weight excluding hydrogens is 352 g/mol. The maximum Gasteiger partial charge on any atom is 0.234 e. The predicted molar refractivity (Wildman–Crippen MR) is 112 cm³/mol. The number of hydrogen-bond donors (Lipinski definition) is 1. The average Bonchev–Trinajstić information content (AvgIpc) is 3.13. The molecule has 142 valence electrons. The van der Waals surface area contributed by atoms with E-state index in [-0.39, 0.29) is 11.2 Å². The molecule has 0 bridgehead atoms. The summed E-state index contributed by atoms with van der Waals surface area (Å²) in [5.74, 6) is 0.150. The number of piperidine rings is 1. The van der Waals surface area contributed by atoms with Crippen molar-refractivity contribution < 1.29 is 4.79 Å². The second-order valence-corrected chi connectivity index (χ2v) is 8.96. The van der Waals surface area contributed by atoms with E-state index >= 15 is 0 Å². The minimum absolute atomic E-state index is 0.00308. The Morgan fingerprint density at radius 1 is 1.11 bits per heavy atom. The third kappa shape index (κ3) is 4.39. The van der Waals surface area contributed by atoms with Gasteiger partial charge in [0.2, 0.25) is 5.91 Å². The highest BCUT2D eigenvalue weighted by molar-refractivity contribution is 8.01. The van der Waals surface area contributed by atoms with Crippen molar-refractivity contribution >= 4 is 17.7 Å². The highest BCUT2D eigenvalue weighted by Crippen LogP contribution is 2.36. The van der Waals surface area contributed by atoms with Crippen molar-refractivity contribution in [2.24, 2.45) is 0 Å². The van der Waals surface area contributed by atoms with Gasteiger partial charge >= 0.3 is 0 Å². The molecule has 1 N–H and O–H groups in total. The summed E-state index contributed by atoms with van der Waals surface area (Å²) in [7, 11) is 0. The third-order valence-electron chi connectivity index (χ3n) is 5.83. The van der Waals surface area contributed by atoms with Crippen LogP contribution in [-0.2, 0) is 24.3 Å². The van der Waals surface area contributed by atoms with Crippen LogP contribution >= 0.6 is 11.8 Å². The van der Waals surface area contributed by atoms with Gasteiger partial charge in [-0.1, -0.05) is 48.9 Å². The largest absolute Gasteiger partial charge is 0.351 e. The molecule has 0 spiro atoms. The molecule has 2 aliphatic rings. The van der Waals surface area contributed by atoms with Crippen molar-refractivity contribution in [2.75, 3.05) is 6.54 Å². The quantitative estimate of drug-likeness (QED) is 0.835. The number of nitrogens with zero attached hydrogens (tertiary/aromatic N) is 1. The van der Waals surface area contributed by atoms with Crippen LogP contribution in [0, 0.1) is 0 Å². The lowest BCUT2D eigenvalue weighted by molar-refractivity contribution is -0.120. The Hall–Kier alpha value is -1.78. The Morgan fingerprint density at radius 2 is 1.89 bits per heavy atom. The van der Waals surface area contributed by atoms with E-state index in [1.54, 1.807) is 11.8 Å². The smallest absolute Gasteiger partial charge is 0.234 e. The van der Waals surface area contributed by atoms with Gasteiger partial charge in [0.15, 0.2) is 0 Å². The molecule has 0 aromatic heterocycles. The molecular formula is C23H28N2OS. The maximum atomic E-state index is 12.7. The van der Waals surface area contributed by atoms with Gasteiger partial charge in [0.1, 0.15) is 0 Å². The molecule has 2 aromatic carbocycles. The van der Waals surface area contributed by atoms with E-state index in [4.69, 9.17) is 0 Å². The number of likely N-dealkylation sites (tertiary alicyclic amines) is 1. The fourth-order valence-corrected chi connectivity index (χ4v) is 5.34. The summed E-state index contributed by atoms with van der Waals surface area (Å²) in [4.78, 5) is 16.5. The van der Waals surface area contributed by atoms with Gasteiger partial charge in [-0.05, 0) is 55.5 Å². The van der Waals surface area contributed by atoms with Crippen molar-refractivity contribution in [3.05, 3.63) is 65.2 Å². The lowest BCUT2D eigenvalue weighted by atomic mass is 10.0. The van der Waals surface area contributed by atoms with E-state index < -0.39 is 0 Å². The molecule has 2 unspecified atom stereocenters. The molecule has 2 atom stereocenters. The third-order valence-corrected chi connectivity index (χ3v) is 7.14. The summed E-state index contributed by atoms with van der Waals surface area (Å²) in [5, 5.41) is 3.18. The number of carbonyl (C=O) groups excluding carboxylic acids is 1. The number of hydrogen-bond acceptors (Lipinski definition) is 3. The van der Waals surface area contributed by atoms with Crippen LogP contribution in [0.4, 0.5) is 0 Å². The Bertz CT molecular complexity index is 781. The van der Waals surface area contributed by atoms with E-state index in [0.29, 0.717) is 12.6 Å². The van der Waals surface area contributed by atoms with Crippen LogP contribution in [0.1, 0.15) is 42.9 Å². The summed E-state index contributed by atoms with van der Waals surface area (Å²) in [6, 6.07) is 17.5. The predicted octanol–water partition coefficient (Wildman–Crippen LogP) is 4.39. The molecule has 0 saturated carbocycles. The first-order valence-corrected chi connectivity index (χ1v) is 10.9. The normalized spacial score (nSPS) is 22.4. The highest BCUT2D eigenvalue weighted by Gasteiger charge is 2.28. The number of fused-ring (bicyclic) bond motifs is 1. The number of rotatable bonds is 5. The monoisotopic (exact) mass is 380 g/mol. The summed E-state index contributed by atoms with van der Waals surface area (Å²) in [6.45, 7) is 5.11. The molecule has 0 aliphatic carbocycles. The molecule has 0 radical (unpaired) electrons. The van der Waals surface area contributed by atoms with E-state index in [1.165, 1.54) is 47.4 Å². The van der Waals surface area contributed by atoms with Crippen molar-refractivity contribution in [2.45, 2.75) is 61.9 Å². The number of thioether (sulfide) groups is 1. The van der Waals surface area contributed by atoms with E-state index in [0.717, 1.165) is 13.0 Å². The van der Waals surface area contributed by atoms with Crippen LogP contribution in [0.3, 0.4) is 0 Å². The first kappa shape index (κ1) is 18.6. The summed E-state index contributed by atoms with van der Waals surface area (Å²) >= 11 is 1.69. The Labute approximate surface area is 166 Å². The van der Waals surface area contributed by atoms with Crippen molar-refractivity contribution in [3.8, 4) is 0 Å². The molecule has 2 heterocycles. The van der Waals surface area contributed by atoms with Crippen LogP contribution in [-0.4, -0.2) is 28.6 Å².